The Labute approximate surface area is 77.0 Å². The zero-order valence-corrected chi connectivity index (χ0v) is 7.71. The van der Waals surface area contributed by atoms with Gasteiger partial charge in [-0.25, -0.2) is 0 Å². The van der Waals surface area contributed by atoms with Gasteiger partial charge >= 0.3 is 5.97 Å². The van der Waals surface area contributed by atoms with Gasteiger partial charge in [0.1, 0.15) is 6.42 Å². The Morgan fingerprint density at radius 2 is 2.15 bits per heavy atom. The molecule has 1 heterocycles. The zero-order valence-electron chi connectivity index (χ0n) is 7.71. The number of esters is 1. The fourth-order valence-corrected chi connectivity index (χ4v) is 1.13. The number of nitrogens with zero attached hydrogens (tertiary/aromatic N) is 1. The van der Waals surface area contributed by atoms with Crippen LogP contribution in [0.15, 0.2) is 4.99 Å². The van der Waals surface area contributed by atoms with Gasteiger partial charge in [0.2, 0.25) is 5.90 Å². The highest BCUT2D eigenvalue weighted by Crippen LogP contribution is 2.07. The average molecular weight is 183 g/mol. The van der Waals surface area contributed by atoms with Crippen LogP contribution in [0.4, 0.5) is 0 Å². The molecule has 0 spiro atoms. The molecule has 1 amide bonds. The third-order valence-electron chi connectivity index (χ3n) is 1.77. The van der Waals surface area contributed by atoms with Gasteiger partial charge in [-0.3, -0.25) is 9.59 Å². The molecule has 4 heteroatoms. The van der Waals surface area contributed by atoms with Crippen LogP contribution < -0.4 is 0 Å². The molecule has 0 aromatic carbocycles. The lowest BCUT2D eigenvalue weighted by Gasteiger charge is -2.10. The van der Waals surface area contributed by atoms with Crippen molar-refractivity contribution in [2.24, 2.45) is 4.99 Å². The molecule has 0 atom stereocenters. The summed E-state index contributed by atoms with van der Waals surface area (Å²) >= 11 is 0. The molecule has 1 aliphatic heterocycles. The molecule has 1 rings (SSSR count). The molecule has 0 aliphatic carbocycles. The normalized spacial score (nSPS) is 16.8. The van der Waals surface area contributed by atoms with Crippen molar-refractivity contribution < 1.29 is 14.3 Å². The van der Waals surface area contributed by atoms with E-state index in [2.05, 4.69) is 11.9 Å². The molecular formula is C9H13NO3. The second-order valence-electron chi connectivity index (χ2n) is 3.01. The van der Waals surface area contributed by atoms with Crippen LogP contribution in [0.3, 0.4) is 0 Å². The molecule has 1 aliphatic rings. The van der Waals surface area contributed by atoms with Crippen molar-refractivity contribution in [3.05, 3.63) is 0 Å². The van der Waals surface area contributed by atoms with Gasteiger partial charge in [-0.05, 0) is 6.42 Å². The predicted molar refractivity (Wildman–Crippen MR) is 47.3 cm³/mol. The Bertz CT molecular complexity index is 245. The molecule has 72 valence electrons. The average Bonchev–Trinajstić information content (AvgIpc) is 2.03. The Hall–Kier alpha value is -1.19. The number of carbonyl (C=O) groups excluding carboxylic acids is 2. The second-order valence-corrected chi connectivity index (χ2v) is 3.01. The lowest BCUT2D eigenvalue weighted by molar-refractivity contribution is -0.140. The van der Waals surface area contributed by atoms with Gasteiger partial charge in [0.15, 0.2) is 0 Å². The standard InChI is InChI=1S/C9H13NO3/c1-2-3-4-5-8-10-7(11)6-9(12)13-8/h2-6H2,1H3. The zero-order chi connectivity index (χ0) is 9.68. The number of aliphatic imine (C=N–C) groups is 1. The summed E-state index contributed by atoms with van der Waals surface area (Å²) in [7, 11) is 0. The van der Waals surface area contributed by atoms with Crippen LogP contribution in [0.1, 0.15) is 39.0 Å². The molecule has 0 saturated carbocycles. The van der Waals surface area contributed by atoms with Gasteiger partial charge in [0.05, 0.1) is 0 Å². The number of amides is 1. The van der Waals surface area contributed by atoms with Gasteiger partial charge in [-0.15, -0.1) is 0 Å². The van der Waals surface area contributed by atoms with E-state index >= 15 is 0 Å². The first-order chi connectivity index (χ1) is 6.22. The van der Waals surface area contributed by atoms with E-state index in [1.165, 1.54) is 0 Å². The first-order valence-electron chi connectivity index (χ1n) is 4.53. The van der Waals surface area contributed by atoms with Crippen molar-refractivity contribution >= 4 is 17.8 Å². The number of hydrogen-bond acceptors (Lipinski definition) is 3. The van der Waals surface area contributed by atoms with Gasteiger partial charge < -0.3 is 4.74 Å². The third-order valence-corrected chi connectivity index (χ3v) is 1.77. The highest BCUT2D eigenvalue weighted by Gasteiger charge is 2.19. The predicted octanol–water partition coefficient (Wildman–Crippen LogP) is 1.44. The van der Waals surface area contributed by atoms with Crippen molar-refractivity contribution in [3.63, 3.8) is 0 Å². The summed E-state index contributed by atoms with van der Waals surface area (Å²) in [5.41, 5.74) is 0. The number of cyclic esters (lactones) is 1. The fourth-order valence-electron chi connectivity index (χ4n) is 1.13. The molecule has 4 nitrogen and oxygen atoms in total. The Morgan fingerprint density at radius 1 is 1.38 bits per heavy atom. The monoisotopic (exact) mass is 183 g/mol. The molecule has 0 bridgehead atoms. The second kappa shape index (κ2) is 4.74. The van der Waals surface area contributed by atoms with Crippen LogP contribution in [0, 0.1) is 0 Å². The number of hydrogen-bond donors (Lipinski definition) is 0. The first-order valence-corrected chi connectivity index (χ1v) is 4.53. The SMILES string of the molecule is CCCCCC1=NC(=O)CC(=O)O1. The summed E-state index contributed by atoms with van der Waals surface area (Å²) in [5, 5.41) is 0. The van der Waals surface area contributed by atoms with Gasteiger partial charge in [-0.2, -0.15) is 4.99 Å². The third kappa shape index (κ3) is 3.36. The topological polar surface area (TPSA) is 55.7 Å². The molecule has 0 unspecified atom stereocenters. The maximum Gasteiger partial charge on any atom is 0.321 e. The highest BCUT2D eigenvalue weighted by molar-refractivity contribution is 6.08. The van der Waals surface area contributed by atoms with Gasteiger partial charge in [0, 0.05) is 6.42 Å². The summed E-state index contributed by atoms with van der Waals surface area (Å²) < 4.78 is 4.79. The molecule has 0 saturated heterocycles. The minimum Gasteiger partial charge on any atom is -0.411 e. The van der Waals surface area contributed by atoms with E-state index < -0.39 is 5.97 Å². The lowest BCUT2D eigenvalue weighted by Crippen LogP contribution is -2.22. The van der Waals surface area contributed by atoms with Crippen molar-refractivity contribution in [1.82, 2.24) is 0 Å². The van der Waals surface area contributed by atoms with Crippen LogP contribution in [-0.4, -0.2) is 17.8 Å². The Kier molecular flexibility index (Phi) is 3.61. The largest absolute Gasteiger partial charge is 0.411 e. The van der Waals surface area contributed by atoms with Crippen LogP contribution >= 0.6 is 0 Å². The molecule has 0 radical (unpaired) electrons. The van der Waals surface area contributed by atoms with Crippen molar-refractivity contribution in [1.29, 1.82) is 0 Å². The van der Waals surface area contributed by atoms with Gasteiger partial charge in [0.25, 0.3) is 5.91 Å². The smallest absolute Gasteiger partial charge is 0.321 e. The summed E-state index contributed by atoms with van der Waals surface area (Å²) in [6.45, 7) is 2.08. The molecule has 0 aromatic heterocycles. The maximum atomic E-state index is 10.8. The van der Waals surface area contributed by atoms with E-state index in [1.54, 1.807) is 0 Å². The maximum absolute atomic E-state index is 10.8. The van der Waals surface area contributed by atoms with E-state index in [-0.39, 0.29) is 18.2 Å². The molecule has 0 aromatic rings. The van der Waals surface area contributed by atoms with Crippen LogP contribution in [0.2, 0.25) is 0 Å². The summed E-state index contributed by atoms with van der Waals surface area (Å²) in [5.74, 6) is -0.580. The highest BCUT2D eigenvalue weighted by atomic mass is 16.5. The number of rotatable bonds is 4. The van der Waals surface area contributed by atoms with E-state index in [9.17, 15) is 9.59 Å². The van der Waals surface area contributed by atoms with E-state index in [4.69, 9.17) is 4.74 Å². The summed E-state index contributed by atoms with van der Waals surface area (Å²) in [4.78, 5) is 25.3. The molecule has 0 fully saturated rings. The number of unbranched alkanes of at least 4 members (excludes halogenated alkanes) is 2. The summed E-state index contributed by atoms with van der Waals surface area (Å²) in [6.07, 6.45) is 3.44. The van der Waals surface area contributed by atoms with Crippen LogP contribution in [0.5, 0.6) is 0 Å². The minimum absolute atomic E-state index is 0.211. The minimum atomic E-state index is -0.480. The van der Waals surface area contributed by atoms with E-state index in [0.29, 0.717) is 6.42 Å². The van der Waals surface area contributed by atoms with Crippen molar-refractivity contribution in [2.75, 3.05) is 0 Å². The van der Waals surface area contributed by atoms with Gasteiger partial charge in [-0.1, -0.05) is 19.8 Å². The van der Waals surface area contributed by atoms with Crippen LogP contribution in [0.25, 0.3) is 0 Å². The molecule has 13 heavy (non-hydrogen) atoms. The Balaban J connectivity index is 2.40. The van der Waals surface area contributed by atoms with Crippen molar-refractivity contribution in [2.45, 2.75) is 39.0 Å². The Morgan fingerprint density at radius 3 is 2.77 bits per heavy atom. The first kappa shape index (κ1) is 9.89. The lowest BCUT2D eigenvalue weighted by atomic mass is 10.2. The summed E-state index contributed by atoms with van der Waals surface area (Å²) in [6, 6.07) is 0. The van der Waals surface area contributed by atoms with E-state index in [0.717, 1.165) is 19.3 Å². The quantitative estimate of drug-likeness (QED) is 0.376. The molecular weight excluding hydrogens is 170 g/mol. The van der Waals surface area contributed by atoms with Crippen LogP contribution in [-0.2, 0) is 14.3 Å². The van der Waals surface area contributed by atoms with Crippen molar-refractivity contribution in [3.8, 4) is 0 Å². The number of carbonyl (C=O) groups is 2. The molecule has 0 N–H and O–H groups in total. The number of ether oxygens (including phenoxy) is 1. The fraction of sp³-hybridized carbons (Fsp3) is 0.667. The van der Waals surface area contributed by atoms with E-state index in [1.807, 2.05) is 0 Å².